The quantitative estimate of drug-likeness (QED) is 0.577. The highest BCUT2D eigenvalue weighted by atomic mass is 16.5. The van der Waals surface area contributed by atoms with E-state index >= 15 is 0 Å². The number of allylic oxidation sites excluding steroid dienone is 3. The number of nitrogens with zero attached hydrogens (tertiary/aromatic N) is 1. The molecule has 2 aliphatic rings. The van der Waals surface area contributed by atoms with Crippen molar-refractivity contribution in [2.24, 2.45) is 0 Å². The number of rotatable bonds is 5. The Hall–Kier alpha value is -1.13. The highest BCUT2D eigenvalue weighted by Gasteiger charge is 2.31. The molecule has 2 rings (SSSR count). The molecular weight excluding hydrogens is 266 g/mol. The molecule has 0 spiro atoms. The minimum atomic E-state index is -0.232. The van der Waals surface area contributed by atoms with Crippen LogP contribution in [0.2, 0.25) is 0 Å². The van der Waals surface area contributed by atoms with Crippen LogP contribution in [-0.4, -0.2) is 50.3 Å². The van der Waals surface area contributed by atoms with Gasteiger partial charge in [-0.1, -0.05) is 17.7 Å². The summed E-state index contributed by atoms with van der Waals surface area (Å²) in [7, 11) is 3.25. The number of methoxy groups -OCH3 is 1. The first-order valence-electron chi connectivity index (χ1n) is 7.67. The van der Waals surface area contributed by atoms with E-state index in [1.165, 1.54) is 37.3 Å². The van der Waals surface area contributed by atoms with Gasteiger partial charge in [0.2, 0.25) is 0 Å². The van der Waals surface area contributed by atoms with Crippen molar-refractivity contribution < 1.29 is 14.3 Å². The highest BCUT2D eigenvalue weighted by Crippen LogP contribution is 2.27. The van der Waals surface area contributed by atoms with Crippen LogP contribution in [0.5, 0.6) is 0 Å². The van der Waals surface area contributed by atoms with Crippen LogP contribution in [0.4, 0.5) is 0 Å². The van der Waals surface area contributed by atoms with E-state index in [4.69, 9.17) is 4.74 Å². The van der Waals surface area contributed by atoms with E-state index in [0.29, 0.717) is 6.61 Å². The molecule has 21 heavy (non-hydrogen) atoms. The second-order valence-electron chi connectivity index (χ2n) is 6.16. The van der Waals surface area contributed by atoms with Crippen LogP contribution in [0.1, 0.15) is 39.5 Å². The molecule has 2 fully saturated rings. The molecule has 0 unspecified atom stereocenters. The van der Waals surface area contributed by atoms with Crippen LogP contribution < -0.4 is 0 Å². The molecule has 0 radical (unpaired) electrons. The third kappa shape index (κ3) is 7.44. The van der Waals surface area contributed by atoms with Crippen molar-refractivity contribution in [3.8, 4) is 0 Å². The molecular formula is C17H29NO3. The van der Waals surface area contributed by atoms with Crippen LogP contribution in [0.15, 0.2) is 23.8 Å². The molecule has 1 heterocycles. The van der Waals surface area contributed by atoms with Gasteiger partial charge in [0.15, 0.2) is 0 Å². The van der Waals surface area contributed by atoms with Gasteiger partial charge in [0.1, 0.15) is 6.61 Å². The molecule has 0 aromatic heterocycles. The molecule has 0 aromatic rings. The maximum absolute atomic E-state index is 11.4. The number of hydrogen-bond acceptors (Lipinski definition) is 4. The molecule has 0 N–H and O–H groups in total. The van der Waals surface area contributed by atoms with E-state index in [9.17, 15) is 4.79 Å². The van der Waals surface area contributed by atoms with E-state index < -0.39 is 0 Å². The molecule has 4 heteroatoms. The van der Waals surface area contributed by atoms with E-state index in [1.54, 1.807) is 20.3 Å². The summed E-state index contributed by atoms with van der Waals surface area (Å²) in [5, 5.41) is 0. The van der Waals surface area contributed by atoms with Crippen LogP contribution in [0, 0.1) is 0 Å². The Bertz CT molecular complexity index is 379. The first-order chi connectivity index (χ1) is 9.99. The minimum Gasteiger partial charge on any atom is -0.461 e. The van der Waals surface area contributed by atoms with Gasteiger partial charge >= 0.3 is 5.97 Å². The highest BCUT2D eigenvalue weighted by molar-refractivity contribution is 5.82. The molecule has 0 aromatic carbocycles. The number of carbonyl (C=O) groups excluding carboxylic acids is 1. The summed E-state index contributed by atoms with van der Waals surface area (Å²) >= 11 is 0. The number of carbonyl (C=O) groups is 1. The van der Waals surface area contributed by atoms with Crippen molar-refractivity contribution in [1.29, 1.82) is 0 Å². The Morgan fingerprint density at radius 1 is 1.33 bits per heavy atom. The van der Waals surface area contributed by atoms with E-state index in [-0.39, 0.29) is 11.5 Å². The molecule has 1 saturated carbocycles. The average molecular weight is 295 g/mol. The van der Waals surface area contributed by atoms with Crippen molar-refractivity contribution in [2.75, 3.05) is 33.9 Å². The van der Waals surface area contributed by atoms with Gasteiger partial charge in [-0.25, -0.2) is 4.79 Å². The zero-order chi connectivity index (χ0) is 15.7. The Kier molecular flexibility index (Phi) is 7.68. The molecule has 120 valence electrons. The predicted octanol–water partition coefficient (Wildman–Crippen LogP) is 2.94. The predicted molar refractivity (Wildman–Crippen MR) is 85.2 cm³/mol. The lowest BCUT2D eigenvalue weighted by Gasteiger charge is -2.31. The minimum absolute atomic E-state index is 0.232. The summed E-state index contributed by atoms with van der Waals surface area (Å²) in [5.41, 5.74) is 1.68. The largest absolute Gasteiger partial charge is 0.461 e. The van der Waals surface area contributed by atoms with Crippen molar-refractivity contribution in [3.05, 3.63) is 23.8 Å². The van der Waals surface area contributed by atoms with Gasteiger partial charge in [-0.15, -0.1) is 0 Å². The number of likely N-dealkylation sites (tertiary alicyclic amines) is 1. The molecule has 4 nitrogen and oxygen atoms in total. The Morgan fingerprint density at radius 2 is 2.00 bits per heavy atom. The monoisotopic (exact) mass is 295 g/mol. The topological polar surface area (TPSA) is 38.8 Å². The lowest BCUT2D eigenvalue weighted by atomic mass is 10.0. The van der Waals surface area contributed by atoms with Gasteiger partial charge in [0.25, 0.3) is 0 Å². The number of hydrogen-bond donors (Lipinski definition) is 0. The Morgan fingerprint density at radius 3 is 2.52 bits per heavy atom. The zero-order valence-corrected chi connectivity index (χ0v) is 13.9. The molecule has 1 saturated heterocycles. The zero-order valence-electron chi connectivity index (χ0n) is 13.9. The molecule has 0 bridgehead atoms. The summed E-state index contributed by atoms with van der Waals surface area (Å²) in [6, 6.07) is 0. The third-order valence-electron chi connectivity index (χ3n) is 3.78. The second kappa shape index (κ2) is 9.00. The normalized spacial score (nSPS) is 20.1. The van der Waals surface area contributed by atoms with Crippen molar-refractivity contribution >= 4 is 5.97 Å². The fourth-order valence-corrected chi connectivity index (χ4v) is 2.38. The summed E-state index contributed by atoms with van der Waals surface area (Å²) in [6.07, 6.45) is 10.2. The summed E-state index contributed by atoms with van der Waals surface area (Å²) < 4.78 is 9.45. The van der Waals surface area contributed by atoms with Gasteiger partial charge in [-0.05, 0) is 46.1 Å². The number of esters is 1. The standard InChI is InChI=1S/C15H23NO2.C2H6O/c1-15(2)9-4-10-16(15)11-12-18-14(17)6-3-5-13-7-8-13;1-3-2/h3,5-6H,4,7-12H2,1-2H3;1-2H3/b6-3+;. The third-order valence-corrected chi connectivity index (χ3v) is 3.78. The first-order valence-corrected chi connectivity index (χ1v) is 7.67. The van der Waals surface area contributed by atoms with Gasteiger partial charge in [0, 0.05) is 32.4 Å². The average Bonchev–Trinajstić information content (AvgIpc) is 3.16. The van der Waals surface area contributed by atoms with Crippen molar-refractivity contribution in [3.63, 3.8) is 0 Å². The Labute approximate surface area is 128 Å². The first kappa shape index (κ1) is 17.9. The lowest BCUT2D eigenvalue weighted by molar-refractivity contribution is -0.138. The van der Waals surface area contributed by atoms with Gasteiger partial charge in [-0.3, -0.25) is 4.90 Å². The second-order valence-corrected chi connectivity index (χ2v) is 6.16. The molecule has 0 atom stereocenters. The summed E-state index contributed by atoms with van der Waals surface area (Å²) in [6.45, 7) is 6.95. The summed E-state index contributed by atoms with van der Waals surface area (Å²) in [5.74, 6) is -0.232. The number of ether oxygens (including phenoxy) is 2. The Balaban J connectivity index is 0.000000677. The molecule has 0 amide bonds. The maximum Gasteiger partial charge on any atom is 0.330 e. The summed E-state index contributed by atoms with van der Waals surface area (Å²) in [4.78, 5) is 13.8. The lowest BCUT2D eigenvalue weighted by Crippen LogP contribution is -2.40. The van der Waals surface area contributed by atoms with Gasteiger partial charge in [-0.2, -0.15) is 0 Å². The van der Waals surface area contributed by atoms with E-state index in [0.717, 1.165) is 13.1 Å². The SMILES string of the molecule is CC1(C)CCCN1CCOC(=O)/C=C/C=C1CC1.COC. The van der Waals surface area contributed by atoms with E-state index in [2.05, 4.69) is 23.5 Å². The maximum atomic E-state index is 11.4. The fourth-order valence-electron chi connectivity index (χ4n) is 2.38. The van der Waals surface area contributed by atoms with Gasteiger partial charge in [0.05, 0.1) is 0 Å². The molecule has 1 aliphatic carbocycles. The van der Waals surface area contributed by atoms with E-state index in [1.807, 2.05) is 6.08 Å². The van der Waals surface area contributed by atoms with Crippen LogP contribution in [0.25, 0.3) is 0 Å². The van der Waals surface area contributed by atoms with Crippen LogP contribution >= 0.6 is 0 Å². The smallest absolute Gasteiger partial charge is 0.330 e. The fraction of sp³-hybridized carbons (Fsp3) is 0.706. The van der Waals surface area contributed by atoms with Gasteiger partial charge < -0.3 is 9.47 Å². The van der Waals surface area contributed by atoms with Crippen molar-refractivity contribution in [2.45, 2.75) is 45.1 Å². The van der Waals surface area contributed by atoms with Crippen LogP contribution in [0.3, 0.4) is 0 Å². The van der Waals surface area contributed by atoms with Crippen molar-refractivity contribution in [1.82, 2.24) is 4.90 Å². The van der Waals surface area contributed by atoms with Crippen LogP contribution in [-0.2, 0) is 14.3 Å². The molecule has 1 aliphatic heterocycles.